The fourth-order valence-electron chi connectivity index (χ4n) is 2.78. The van der Waals surface area contributed by atoms with Crippen LogP contribution in [0.3, 0.4) is 0 Å². The monoisotopic (exact) mass is 243 g/mol. The molecule has 4 heteroatoms. The molecular weight excluding hydrogens is 226 g/mol. The second kappa shape index (κ2) is 3.92. The Kier molecular flexibility index (Phi) is 2.48. The SMILES string of the molecule is Cc1nc(C2(N)CCC(C)c3ccccc32)no1. The molecule has 3 rings (SSSR count). The summed E-state index contributed by atoms with van der Waals surface area (Å²) in [7, 11) is 0. The van der Waals surface area contributed by atoms with Crippen molar-refractivity contribution in [2.45, 2.75) is 38.1 Å². The molecule has 0 radical (unpaired) electrons. The van der Waals surface area contributed by atoms with Gasteiger partial charge in [-0.05, 0) is 29.9 Å². The highest BCUT2D eigenvalue weighted by molar-refractivity contribution is 5.42. The first kappa shape index (κ1) is 11.4. The van der Waals surface area contributed by atoms with Gasteiger partial charge in [-0.25, -0.2) is 0 Å². The third-order valence-corrected chi connectivity index (χ3v) is 3.87. The van der Waals surface area contributed by atoms with Crippen molar-refractivity contribution in [1.82, 2.24) is 10.1 Å². The maximum Gasteiger partial charge on any atom is 0.223 e. The van der Waals surface area contributed by atoms with Gasteiger partial charge in [0.1, 0.15) is 5.54 Å². The van der Waals surface area contributed by atoms with Crippen molar-refractivity contribution < 1.29 is 4.52 Å². The standard InChI is InChI=1S/C14H17N3O/c1-9-7-8-14(15,13-16-10(2)18-17-13)12-6-4-3-5-11(9)12/h3-6,9H,7-8,15H2,1-2H3. The van der Waals surface area contributed by atoms with Crippen molar-refractivity contribution in [2.24, 2.45) is 5.73 Å². The molecule has 18 heavy (non-hydrogen) atoms. The van der Waals surface area contributed by atoms with E-state index in [4.69, 9.17) is 10.3 Å². The van der Waals surface area contributed by atoms with E-state index in [1.807, 2.05) is 6.07 Å². The minimum atomic E-state index is -0.610. The molecule has 2 atom stereocenters. The molecule has 0 bridgehead atoms. The number of fused-ring (bicyclic) bond motifs is 1. The third kappa shape index (κ3) is 1.56. The highest BCUT2D eigenvalue weighted by Gasteiger charge is 2.40. The van der Waals surface area contributed by atoms with Gasteiger partial charge in [-0.2, -0.15) is 4.98 Å². The molecular formula is C14H17N3O. The first-order valence-corrected chi connectivity index (χ1v) is 6.30. The third-order valence-electron chi connectivity index (χ3n) is 3.87. The van der Waals surface area contributed by atoms with Gasteiger partial charge in [-0.3, -0.25) is 0 Å². The van der Waals surface area contributed by atoms with Crippen LogP contribution in [0.2, 0.25) is 0 Å². The summed E-state index contributed by atoms with van der Waals surface area (Å²) < 4.78 is 5.08. The van der Waals surface area contributed by atoms with E-state index in [2.05, 4.69) is 35.3 Å². The number of hydrogen-bond acceptors (Lipinski definition) is 4. The Balaban J connectivity index is 2.17. The summed E-state index contributed by atoms with van der Waals surface area (Å²) in [5.41, 5.74) is 8.40. The van der Waals surface area contributed by atoms with Crippen molar-refractivity contribution in [3.8, 4) is 0 Å². The van der Waals surface area contributed by atoms with Crippen LogP contribution in [0.5, 0.6) is 0 Å². The summed E-state index contributed by atoms with van der Waals surface area (Å²) in [6.07, 6.45) is 1.89. The predicted molar refractivity (Wildman–Crippen MR) is 68.1 cm³/mol. The van der Waals surface area contributed by atoms with Crippen molar-refractivity contribution in [3.05, 3.63) is 47.1 Å². The van der Waals surface area contributed by atoms with Gasteiger partial charge in [0, 0.05) is 6.92 Å². The summed E-state index contributed by atoms with van der Waals surface area (Å²) in [6.45, 7) is 4.02. The molecule has 2 N–H and O–H groups in total. The number of benzene rings is 1. The van der Waals surface area contributed by atoms with Gasteiger partial charge in [0.05, 0.1) is 0 Å². The number of nitrogens with zero attached hydrogens (tertiary/aromatic N) is 2. The van der Waals surface area contributed by atoms with Crippen LogP contribution in [0.1, 0.15) is 48.5 Å². The second-order valence-electron chi connectivity index (χ2n) is 5.14. The summed E-state index contributed by atoms with van der Waals surface area (Å²) >= 11 is 0. The Labute approximate surface area is 106 Å². The zero-order valence-electron chi connectivity index (χ0n) is 10.7. The summed E-state index contributed by atoms with van der Waals surface area (Å²) in [5, 5.41) is 4.02. The highest BCUT2D eigenvalue weighted by atomic mass is 16.5. The lowest BCUT2D eigenvalue weighted by atomic mass is 9.72. The molecule has 2 unspecified atom stereocenters. The Morgan fingerprint density at radius 2 is 2.17 bits per heavy atom. The van der Waals surface area contributed by atoms with E-state index in [1.165, 1.54) is 5.56 Å². The van der Waals surface area contributed by atoms with Crippen LogP contribution < -0.4 is 5.73 Å². The van der Waals surface area contributed by atoms with Crippen LogP contribution >= 0.6 is 0 Å². The molecule has 1 aromatic carbocycles. The van der Waals surface area contributed by atoms with Crippen LogP contribution in [0.25, 0.3) is 0 Å². The molecule has 0 amide bonds. The summed E-state index contributed by atoms with van der Waals surface area (Å²) in [4.78, 5) is 4.33. The predicted octanol–water partition coefficient (Wildman–Crippen LogP) is 2.48. The minimum absolute atomic E-state index is 0.533. The Bertz CT molecular complexity index is 578. The maximum absolute atomic E-state index is 6.58. The Hall–Kier alpha value is -1.68. The highest BCUT2D eigenvalue weighted by Crippen LogP contribution is 2.42. The van der Waals surface area contributed by atoms with E-state index in [0.29, 0.717) is 17.6 Å². The molecule has 1 aliphatic rings. The van der Waals surface area contributed by atoms with Gasteiger partial charge in [-0.1, -0.05) is 36.3 Å². The zero-order valence-corrected chi connectivity index (χ0v) is 10.7. The normalized spacial score (nSPS) is 26.9. The van der Waals surface area contributed by atoms with Crippen LogP contribution in [-0.2, 0) is 5.54 Å². The van der Waals surface area contributed by atoms with E-state index in [9.17, 15) is 0 Å². The largest absolute Gasteiger partial charge is 0.340 e. The Morgan fingerprint density at radius 1 is 1.39 bits per heavy atom. The van der Waals surface area contributed by atoms with Crippen LogP contribution in [-0.4, -0.2) is 10.1 Å². The molecule has 0 spiro atoms. The topological polar surface area (TPSA) is 64.9 Å². The van der Waals surface area contributed by atoms with Crippen LogP contribution in [0, 0.1) is 6.92 Å². The molecule has 2 aromatic rings. The molecule has 1 aromatic heterocycles. The molecule has 1 aliphatic carbocycles. The molecule has 0 saturated heterocycles. The van der Waals surface area contributed by atoms with Gasteiger partial charge in [0.2, 0.25) is 5.89 Å². The van der Waals surface area contributed by atoms with Crippen molar-refractivity contribution in [3.63, 3.8) is 0 Å². The van der Waals surface area contributed by atoms with E-state index in [0.717, 1.165) is 18.4 Å². The first-order valence-electron chi connectivity index (χ1n) is 6.30. The zero-order chi connectivity index (χ0) is 12.8. The molecule has 4 nitrogen and oxygen atoms in total. The van der Waals surface area contributed by atoms with Gasteiger partial charge < -0.3 is 10.3 Å². The summed E-state index contributed by atoms with van der Waals surface area (Å²) in [6, 6.07) is 8.30. The number of nitrogens with two attached hydrogens (primary N) is 1. The van der Waals surface area contributed by atoms with Crippen LogP contribution in [0.15, 0.2) is 28.8 Å². The van der Waals surface area contributed by atoms with E-state index < -0.39 is 5.54 Å². The second-order valence-corrected chi connectivity index (χ2v) is 5.14. The van der Waals surface area contributed by atoms with Gasteiger partial charge >= 0.3 is 0 Å². The molecule has 0 saturated carbocycles. The van der Waals surface area contributed by atoms with E-state index in [1.54, 1.807) is 6.92 Å². The fourth-order valence-corrected chi connectivity index (χ4v) is 2.78. The van der Waals surface area contributed by atoms with Crippen molar-refractivity contribution >= 4 is 0 Å². The quantitative estimate of drug-likeness (QED) is 0.835. The number of rotatable bonds is 1. The smallest absolute Gasteiger partial charge is 0.223 e. The van der Waals surface area contributed by atoms with Crippen molar-refractivity contribution in [1.29, 1.82) is 0 Å². The molecule has 94 valence electrons. The lowest BCUT2D eigenvalue weighted by Gasteiger charge is -2.36. The lowest BCUT2D eigenvalue weighted by molar-refractivity contribution is 0.348. The van der Waals surface area contributed by atoms with Gasteiger partial charge in [0.25, 0.3) is 0 Å². The Morgan fingerprint density at radius 3 is 2.89 bits per heavy atom. The average molecular weight is 243 g/mol. The lowest BCUT2D eigenvalue weighted by Crippen LogP contribution is -2.42. The number of aryl methyl sites for hydroxylation is 1. The minimum Gasteiger partial charge on any atom is -0.340 e. The van der Waals surface area contributed by atoms with Gasteiger partial charge in [0.15, 0.2) is 5.82 Å². The van der Waals surface area contributed by atoms with E-state index in [-0.39, 0.29) is 0 Å². The fraction of sp³-hybridized carbons (Fsp3) is 0.429. The number of hydrogen-bond donors (Lipinski definition) is 1. The molecule has 0 fully saturated rings. The summed E-state index contributed by atoms with van der Waals surface area (Å²) in [5.74, 6) is 1.69. The first-order chi connectivity index (χ1) is 8.61. The van der Waals surface area contributed by atoms with Gasteiger partial charge in [-0.15, -0.1) is 0 Å². The molecule has 1 heterocycles. The maximum atomic E-state index is 6.58. The van der Waals surface area contributed by atoms with E-state index >= 15 is 0 Å². The van der Waals surface area contributed by atoms with Crippen LogP contribution in [0.4, 0.5) is 0 Å². The average Bonchev–Trinajstić information content (AvgIpc) is 2.82. The number of aromatic nitrogens is 2. The van der Waals surface area contributed by atoms with Crippen molar-refractivity contribution in [2.75, 3.05) is 0 Å². The molecule has 0 aliphatic heterocycles.